The molecule has 0 spiro atoms. The molecule has 1 heterocycles. The Kier molecular flexibility index (Phi) is 4.24. The zero-order valence-corrected chi connectivity index (χ0v) is 7.34. The maximum absolute atomic E-state index is 3.16. The minimum atomic E-state index is 1.14. The first-order valence-corrected chi connectivity index (χ1v) is 4.45. The molecular formula is C9H18N2. The first-order valence-electron chi connectivity index (χ1n) is 4.45. The summed E-state index contributed by atoms with van der Waals surface area (Å²) in [5, 5.41) is 3.16. The predicted octanol–water partition coefficient (Wildman–Crippen LogP) is 0.858. The third-order valence-corrected chi connectivity index (χ3v) is 2.04. The lowest BCUT2D eigenvalue weighted by Gasteiger charge is -2.22. The van der Waals surface area contributed by atoms with Gasteiger partial charge in [0.15, 0.2) is 0 Å². The first-order chi connectivity index (χ1) is 5.43. The highest BCUT2D eigenvalue weighted by Gasteiger charge is 2.03. The summed E-state index contributed by atoms with van der Waals surface area (Å²) in [6.45, 7) is 4.79. The van der Waals surface area contributed by atoms with Crippen molar-refractivity contribution in [2.45, 2.75) is 12.8 Å². The molecule has 0 radical (unpaired) electrons. The molecule has 0 saturated heterocycles. The second-order valence-electron chi connectivity index (χ2n) is 3.02. The van der Waals surface area contributed by atoms with E-state index in [1.165, 1.54) is 25.9 Å². The topological polar surface area (TPSA) is 15.3 Å². The smallest absolute Gasteiger partial charge is 0.0163 e. The van der Waals surface area contributed by atoms with E-state index >= 15 is 0 Å². The molecular weight excluding hydrogens is 136 g/mol. The van der Waals surface area contributed by atoms with Crippen LogP contribution in [0.4, 0.5) is 0 Å². The maximum atomic E-state index is 3.16. The Hall–Kier alpha value is -0.340. The molecule has 0 aliphatic carbocycles. The van der Waals surface area contributed by atoms with Crippen LogP contribution in [0.3, 0.4) is 0 Å². The summed E-state index contributed by atoms with van der Waals surface area (Å²) in [6.07, 6.45) is 7.04. The fourth-order valence-electron chi connectivity index (χ4n) is 1.37. The molecule has 0 atom stereocenters. The standard InChI is InChI=1S/C9H18N2/c1-10-6-5-9-11-7-3-2-4-8-11/h2-3,10H,4-9H2,1H3. The Balaban J connectivity index is 2.02. The Morgan fingerprint density at radius 3 is 3.00 bits per heavy atom. The Labute approximate surface area is 69.3 Å². The number of nitrogens with one attached hydrogen (secondary N) is 1. The Morgan fingerprint density at radius 1 is 1.45 bits per heavy atom. The molecule has 0 bridgehead atoms. The van der Waals surface area contributed by atoms with Gasteiger partial charge in [0.05, 0.1) is 0 Å². The summed E-state index contributed by atoms with van der Waals surface area (Å²) in [4.78, 5) is 2.50. The van der Waals surface area contributed by atoms with Crippen molar-refractivity contribution in [3.63, 3.8) is 0 Å². The van der Waals surface area contributed by atoms with Gasteiger partial charge in [-0.2, -0.15) is 0 Å². The third kappa shape index (κ3) is 3.54. The van der Waals surface area contributed by atoms with Crippen LogP contribution in [-0.4, -0.2) is 38.1 Å². The highest BCUT2D eigenvalue weighted by molar-refractivity contribution is 4.90. The van der Waals surface area contributed by atoms with Gasteiger partial charge in [0, 0.05) is 13.1 Å². The van der Waals surface area contributed by atoms with Crippen LogP contribution in [-0.2, 0) is 0 Å². The van der Waals surface area contributed by atoms with E-state index in [9.17, 15) is 0 Å². The van der Waals surface area contributed by atoms with Crippen LogP contribution >= 0.6 is 0 Å². The van der Waals surface area contributed by atoms with Crippen LogP contribution in [0.25, 0.3) is 0 Å². The van der Waals surface area contributed by atoms with Gasteiger partial charge in [-0.3, -0.25) is 4.90 Å². The van der Waals surface area contributed by atoms with Gasteiger partial charge in [-0.05, 0) is 33.0 Å². The van der Waals surface area contributed by atoms with Gasteiger partial charge in [-0.25, -0.2) is 0 Å². The summed E-state index contributed by atoms with van der Waals surface area (Å²) in [7, 11) is 2.01. The lowest BCUT2D eigenvalue weighted by molar-refractivity contribution is 0.294. The van der Waals surface area contributed by atoms with Gasteiger partial charge in [-0.15, -0.1) is 0 Å². The van der Waals surface area contributed by atoms with Crippen molar-refractivity contribution in [1.29, 1.82) is 0 Å². The van der Waals surface area contributed by atoms with Crippen molar-refractivity contribution in [2.24, 2.45) is 0 Å². The zero-order valence-electron chi connectivity index (χ0n) is 7.34. The largest absolute Gasteiger partial charge is 0.320 e. The van der Waals surface area contributed by atoms with Gasteiger partial charge in [0.2, 0.25) is 0 Å². The normalized spacial score (nSPS) is 19.0. The van der Waals surface area contributed by atoms with Crippen molar-refractivity contribution in [3.05, 3.63) is 12.2 Å². The summed E-state index contributed by atoms with van der Waals surface area (Å²) in [6, 6.07) is 0. The van der Waals surface area contributed by atoms with Gasteiger partial charge >= 0.3 is 0 Å². The molecule has 64 valence electrons. The van der Waals surface area contributed by atoms with E-state index in [4.69, 9.17) is 0 Å². The van der Waals surface area contributed by atoms with E-state index in [2.05, 4.69) is 22.4 Å². The van der Waals surface area contributed by atoms with Crippen molar-refractivity contribution >= 4 is 0 Å². The molecule has 0 fully saturated rings. The van der Waals surface area contributed by atoms with Crippen molar-refractivity contribution in [1.82, 2.24) is 10.2 Å². The summed E-state index contributed by atoms with van der Waals surface area (Å²) < 4.78 is 0. The fraction of sp³-hybridized carbons (Fsp3) is 0.778. The van der Waals surface area contributed by atoms with E-state index in [1.807, 2.05) is 7.05 Å². The molecule has 1 aliphatic rings. The van der Waals surface area contributed by atoms with Crippen LogP contribution < -0.4 is 5.32 Å². The molecule has 2 heteroatoms. The van der Waals surface area contributed by atoms with Gasteiger partial charge in [0.1, 0.15) is 0 Å². The van der Waals surface area contributed by atoms with E-state index < -0.39 is 0 Å². The van der Waals surface area contributed by atoms with Crippen molar-refractivity contribution in [3.8, 4) is 0 Å². The third-order valence-electron chi connectivity index (χ3n) is 2.04. The van der Waals surface area contributed by atoms with E-state index in [-0.39, 0.29) is 0 Å². The lowest BCUT2D eigenvalue weighted by atomic mass is 10.2. The highest BCUT2D eigenvalue weighted by Crippen LogP contribution is 2.00. The molecule has 0 aromatic carbocycles. The fourth-order valence-corrected chi connectivity index (χ4v) is 1.37. The molecule has 11 heavy (non-hydrogen) atoms. The van der Waals surface area contributed by atoms with E-state index in [0.717, 1.165) is 13.1 Å². The second kappa shape index (κ2) is 5.33. The summed E-state index contributed by atoms with van der Waals surface area (Å²) in [5.41, 5.74) is 0. The van der Waals surface area contributed by atoms with Crippen LogP contribution in [0.1, 0.15) is 12.8 Å². The number of hydrogen-bond donors (Lipinski definition) is 1. The van der Waals surface area contributed by atoms with E-state index in [0.29, 0.717) is 0 Å². The average molecular weight is 154 g/mol. The molecule has 1 N–H and O–H groups in total. The molecule has 0 aromatic heterocycles. The van der Waals surface area contributed by atoms with E-state index in [1.54, 1.807) is 0 Å². The molecule has 1 aliphatic heterocycles. The summed E-state index contributed by atoms with van der Waals surface area (Å²) in [5.74, 6) is 0. The second-order valence-corrected chi connectivity index (χ2v) is 3.02. The molecule has 1 rings (SSSR count). The van der Waals surface area contributed by atoms with Gasteiger partial charge in [-0.1, -0.05) is 12.2 Å². The number of nitrogens with zero attached hydrogens (tertiary/aromatic N) is 1. The predicted molar refractivity (Wildman–Crippen MR) is 48.7 cm³/mol. The van der Waals surface area contributed by atoms with Crippen molar-refractivity contribution in [2.75, 3.05) is 33.2 Å². The van der Waals surface area contributed by atoms with Crippen LogP contribution in [0.15, 0.2) is 12.2 Å². The van der Waals surface area contributed by atoms with Crippen LogP contribution in [0.5, 0.6) is 0 Å². The molecule has 2 nitrogen and oxygen atoms in total. The quantitative estimate of drug-likeness (QED) is 0.477. The molecule has 0 unspecified atom stereocenters. The minimum Gasteiger partial charge on any atom is -0.320 e. The van der Waals surface area contributed by atoms with Crippen LogP contribution in [0.2, 0.25) is 0 Å². The zero-order chi connectivity index (χ0) is 7.94. The number of rotatable bonds is 4. The molecule has 0 amide bonds. The highest BCUT2D eigenvalue weighted by atomic mass is 15.1. The lowest BCUT2D eigenvalue weighted by Crippen LogP contribution is -2.29. The first kappa shape index (κ1) is 8.75. The average Bonchev–Trinajstić information content (AvgIpc) is 2.07. The Bertz CT molecular complexity index is 121. The molecule has 0 aromatic rings. The van der Waals surface area contributed by atoms with Gasteiger partial charge in [0.25, 0.3) is 0 Å². The maximum Gasteiger partial charge on any atom is 0.0163 e. The number of hydrogen-bond acceptors (Lipinski definition) is 2. The van der Waals surface area contributed by atoms with Gasteiger partial charge < -0.3 is 5.32 Å². The molecule has 0 saturated carbocycles. The minimum absolute atomic E-state index is 1.14. The monoisotopic (exact) mass is 154 g/mol. The van der Waals surface area contributed by atoms with Crippen molar-refractivity contribution < 1.29 is 0 Å². The summed E-state index contributed by atoms with van der Waals surface area (Å²) >= 11 is 0. The Morgan fingerprint density at radius 2 is 2.36 bits per heavy atom. The SMILES string of the molecule is CNCCCN1CC=CCC1. The van der Waals surface area contributed by atoms with Crippen LogP contribution in [0, 0.1) is 0 Å².